The molecule has 0 radical (unpaired) electrons. The zero-order valence-corrected chi connectivity index (χ0v) is 14.1. The van der Waals surface area contributed by atoms with Gasteiger partial charge in [0, 0.05) is 0 Å². The van der Waals surface area contributed by atoms with Gasteiger partial charge in [0.1, 0.15) is 24.7 Å². The highest BCUT2D eigenvalue weighted by Gasteiger charge is 2.07. The molecule has 0 atom stereocenters. The fraction of sp³-hybridized carbons (Fsp3) is 0.263. The maximum absolute atomic E-state index is 11.7. The number of methoxy groups -OCH3 is 1. The van der Waals surface area contributed by atoms with Crippen LogP contribution in [-0.4, -0.2) is 32.1 Å². The molecule has 0 aromatic heterocycles. The summed E-state index contributed by atoms with van der Waals surface area (Å²) in [5.41, 5.74) is 0.898. The van der Waals surface area contributed by atoms with Crippen molar-refractivity contribution in [3.05, 3.63) is 60.2 Å². The smallest absolute Gasteiger partial charge is 0.325 e. The lowest BCUT2D eigenvalue weighted by Crippen LogP contribution is -2.31. The molecule has 2 rings (SSSR count). The van der Waals surface area contributed by atoms with E-state index < -0.39 is 5.97 Å². The maximum atomic E-state index is 11.7. The van der Waals surface area contributed by atoms with Crippen molar-refractivity contribution in [2.24, 2.45) is 0 Å². The summed E-state index contributed by atoms with van der Waals surface area (Å²) in [6, 6.07) is 16.4. The quantitative estimate of drug-likeness (QED) is 0.708. The largest absolute Gasteiger partial charge is 0.497 e. The normalized spacial score (nSPS) is 9.96. The van der Waals surface area contributed by atoms with Crippen molar-refractivity contribution in [2.75, 3.05) is 20.3 Å². The molecule has 2 aromatic rings. The lowest BCUT2D eigenvalue weighted by atomic mass is 10.2. The molecule has 0 saturated heterocycles. The minimum atomic E-state index is -0.478. The lowest BCUT2D eigenvalue weighted by molar-refractivity contribution is -0.145. The van der Waals surface area contributed by atoms with Gasteiger partial charge in [-0.1, -0.05) is 30.3 Å². The van der Waals surface area contributed by atoms with Crippen molar-refractivity contribution >= 4 is 11.9 Å². The fourth-order valence-corrected chi connectivity index (χ4v) is 1.98. The first-order chi connectivity index (χ1) is 12.2. The van der Waals surface area contributed by atoms with Gasteiger partial charge in [-0.2, -0.15) is 0 Å². The second-order valence-corrected chi connectivity index (χ2v) is 5.20. The van der Waals surface area contributed by atoms with Crippen LogP contribution in [0.15, 0.2) is 54.6 Å². The number of hydrogen-bond acceptors (Lipinski definition) is 5. The molecule has 0 fully saturated rings. The van der Waals surface area contributed by atoms with E-state index in [1.807, 2.05) is 30.3 Å². The number of amides is 1. The predicted octanol–water partition coefficient (Wildman–Crippen LogP) is 2.32. The van der Waals surface area contributed by atoms with Gasteiger partial charge in [-0.3, -0.25) is 9.59 Å². The van der Waals surface area contributed by atoms with Gasteiger partial charge in [0.05, 0.1) is 20.1 Å². The van der Waals surface area contributed by atoms with Crippen LogP contribution in [0.4, 0.5) is 0 Å². The first-order valence-corrected chi connectivity index (χ1v) is 7.90. The molecule has 1 N–H and O–H groups in total. The topological polar surface area (TPSA) is 73.9 Å². The number of carbonyl (C=O) groups is 2. The number of esters is 1. The summed E-state index contributed by atoms with van der Waals surface area (Å²) in [6.07, 6.45) is 0.151. The molecule has 0 bridgehead atoms. The van der Waals surface area contributed by atoms with Gasteiger partial charge in [-0.05, 0) is 29.8 Å². The minimum absolute atomic E-state index is 0.151. The Morgan fingerprint density at radius 1 is 0.960 bits per heavy atom. The highest BCUT2D eigenvalue weighted by molar-refractivity contribution is 5.81. The highest BCUT2D eigenvalue weighted by Crippen LogP contribution is 2.16. The molecular weight excluding hydrogens is 322 g/mol. The van der Waals surface area contributed by atoms with Crippen molar-refractivity contribution < 1.29 is 23.8 Å². The van der Waals surface area contributed by atoms with E-state index in [1.54, 1.807) is 31.4 Å². The molecule has 0 saturated carbocycles. The number of ether oxygens (including phenoxy) is 3. The van der Waals surface area contributed by atoms with Crippen molar-refractivity contribution in [3.63, 3.8) is 0 Å². The zero-order valence-electron chi connectivity index (χ0n) is 14.1. The van der Waals surface area contributed by atoms with E-state index in [0.29, 0.717) is 5.75 Å². The van der Waals surface area contributed by atoms with Crippen LogP contribution >= 0.6 is 0 Å². The van der Waals surface area contributed by atoms with Crippen molar-refractivity contribution in [2.45, 2.75) is 13.0 Å². The first-order valence-electron chi connectivity index (χ1n) is 7.90. The summed E-state index contributed by atoms with van der Waals surface area (Å²) in [4.78, 5) is 23.3. The summed E-state index contributed by atoms with van der Waals surface area (Å²) < 4.78 is 15.6. The van der Waals surface area contributed by atoms with Gasteiger partial charge in [0.15, 0.2) is 0 Å². The summed E-state index contributed by atoms with van der Waals surface area (Å²) in [5, 5.41) is 2.51. The molecule has 0 aliphatic carbocycles. The first kappa shape index (κ1) is 18.3. The molecule has 25 heavy (non-hydrogen) atoms. The molecule has 6 nitrogen and oxygen atoms in total. The molecule has 0 spiro atoms. The van der Waals surface area contributed by atoms with E-state index in [9.17, 15) is 9.59 Å². The third kappa shape index (κ3) is 6.95. The van der Waals surface area contributed by atoms with Crippen molar-refractivity contribution in [1.29, 1.82) is 0 Å². The van der Waals surface area contributed by atoms with Crippen molar-refractivity contribution in [3.8, 4) is 11.5 Å². The Morgan fingerprint density at radius 2 is 1.64 bits per heavy atom. The number of carbonyl (C=O) groups excluding carboxylic acids is 2. The second-order valence-electron chi connectivity index (χ2n) is 5.20. The van der Waals surface area contributed by atoms with Crippen LogP contribution in [0, 0.1) is 0 Å². The molecule has 0 aliphatic rings. The second kappa shape index (κ2) is 9.97. The van der Waals surface area contributed by atoms with Gasteiger partial charge < -0.3 is 19.5 Å². The molecule has 2 aromatic carbocycles. The SMILES string of the molecule is COc1ccc(OCCC(=O)NCC(=O)OCc2ccccc2)cc1. The molecule has 6 heteroatoms. The fourth-order valence-electron chi connectivity index (χ4n) is 1.98. The Morgan fingerprint density at radius 3 is 2.32 bits per heavy atom. The number of hydrogen-bond donors (Lipinski definition) is 1. The predicted molar refractivity (Wildman–Crippen MR) is 92.4 cm³/mol. The number of benzene rings is 2. The van der Waals surface area contributed by atoms with Gasteiger partial charge in [0.25, 0.3) is 0 Å². The third-order valence-corrected chi connectivity index (χ3v) is 3.33. The number of rotatable bonds is 9. The maximum Gasteiger partial charge on any atom is 0.325 e. The van der Waals surface area contributed by atoms with E-state index in [2.05, 4.69) is 5.32 Å². The summed E-state index contributed by atoms with van der Waals surface area (Å²) in [5.74, 6) is 0.633. The molecule has 1 amide bonds. The van der Waals surface area contributed by atoms with E-state index in [1.165, 1.54) is 0 Å². The lowest BCUT2D eigenvalue weighted by Gasteiger charge is -2.08. The van der Waals surface area contributed by atoms with Crippen LogP contribution in [0.25, 0.3) is 0 Å². The van der Waals surface area contributed by atoms with Gasteiger partial charge in [-0.15, -0.1) is 0 Å². The van der Waals surface area contributed by atoms with Crippen LogP contribution < -0.4 is 14.8 Å². The van der Waals surface area contributed by atoms with Crippen LogP contribution in [0.5, 0.6) is 11.5 Å². The van der Waals surface area contributed by atoms with E-state index >= 15 is 0 Å². The minimum Gasteiger partial charge on any atom is -0.497 e. The molecule has 0 unspecified atom stereocenters. The Balaban J connectivity index is 1.59. The molecular formula is C19H21NO5. The average Bonchev–Trinajstić information content (AvgIpc) is 2.66. The summed E-state index contributed by atoms with van der Waals surface area (Å²) in [6.45, 7) is 0.252. The van der Waals surface area contributed by atoms with Crippen molar-refractivity contribution in [1.82, 2.24) is 5.32 Å². The van der Waals surface area contributed by atoms with Gasteiger partial charge in [0.2, 0.25) is 5.91 Å². The van der Waals surface area contributed by atoms with Gasteiger partial charge >= 0.3 is 5.97 Å². The standard InChI is InChI=1S/C19H21NO5/c1-23-16-7-9-17(10-8-16)24-12-11-18(21)20-13-19(22)25-14-15-5-3-2-4-6-15/h2-10H,11-14H2,1H3,(H,20,21). The highest BCUT2D eigenvalue weighted by atomic mass is 16.5. The van der Waals surface area contributed by atoms with E-state index in [4.69, 9.17) is 14.2 Å². The number of nitrogens with one attached hydrogen (secondary N) is 1. The van der Waals surface area contributed by atoms with Crippen LogP contribution in [0.3, 0.4) is 0 Å². The van der Waals surface area contributed by atoms with E-state index in [0.717, 1.165) is 11.3 Å². The van der Waals surface area contributed by atoms with Crippen LogP contribution in [-0.2, 0) is 20.9 Å². The third-order valence-electron chi connectivity index (χ3n) is 3.33. The van der Waals surface area contributed by atoms with Crippen LogP contribution in [0.2, 0.25) is 0 Å². The zero-order chi connectivity index (χ0) is 17.9. The van der Waals surface area contributed by atoms with E-state index in [-0.39, 0.29) is 32.1 Å². The Hall–Kier alpha value is -3.02. The molecule has 0 aliphatic heterocycles. The van der Waals surface area contributed by atoms with Gasteiger partial charge in [-0.25, -0.2) is 0 Å². The van der Waals surface area contributed by atoms with Crippen LogP contribution in [0.1, 0.15) is 12.0 Å². The summed E-state index contributed by atoms with van der Waals surface area (Å²) in [7, 11) is 1.59. The Labute approximate surface area is 146 Å². The molecule has 0 heterocycles. The molecule has 132 valence electrons. The Bertz CT molecular complexity index is 670. The Kier molecular flexibility index (Phi) is 7.31. The monoisotopic (exact) mass is 343 g/mol. The average molecular weight is 343 g/mol. The summed E-state index contributed by atoms with van der Waals surface area (Å²) >= 11 is 0.